The second kappa shape index (κ2) is 8.64. The summed E-state index contributed by atoms with van der Waals surface area (Å²) >= 11 is 0. The fraction of sp³-hybridized carbons (Fsp3) is 0.458. The molecule has 1 amide bonds. The number of morpholine rings is 1. The number of hydrogen-bond donors (Lipinski definition) is 2. The molecule has 5 heterocycles. The lowest BCUT2D eigenvalue weighted by atomic mass is 10.1. The number of nitrogens with zero attached hydrogens (tertiary/aromatic N) is 4. The number of rotatable bonds is 4. The summed E-state index contributed by atoms with van der Waals surface area (Å²) in [5, 5.41) is 4.27. The molecule has 3 aromatic rings. The van der Waals surface area contributed by atoms with E-state index < -0.39 is 0 Å². The molecule has 6 rings (SSSR count). The highest BCUT2D eigenvalue weighted by Gasteiger charge is 2.35. The van der Waals surface area contributed by atoms with E-state index in [1.54, 1.807) is 0 Å². The molecule has 9 heteroatoms. The normalized spacial score (nSPS) is 21.0. The van der Waals surface area contributed by atoms with Gasteiger partial charge < -0.3 is 29.6 Å². The number of ether oxygens (including phenoxy) is 2. The molecule has 0 radical (unpaired) electrons. The first-order valence-corrected chi connectivity index (χ1v) is 11.7. The van der Waals surface area contributed by atoms with Crippen molar-refractivity contribution in [3.63, 3.8) is 0 Å². The monoisotopic (exact) mass is 448 g/mol. The average molecular weight is 449 g/mol. The Kier molecular flexibility index (Phi) is 5.35. The van der Waals surface area contributed by atoms with Crippen LogP contribution < -0.4 is 15.1 Å². The van der Waals surface area contributed by atoms with E-state index in [1.807, 2.05) is 24.5 Å². The summed E-state index contributed by atoms with van der Waals surface area (Å²) in [5.41, 5.74) is 2.96. The van der Waals surface area contributed by atoms with E-state index in [1.165, 1.54) is 0 Å². The summed E-state index contributed by atoms with van der Waals surface area (Å²) in [6, 6.07) is 8.52. The van der Waals surface area contributed by atoms with E-state index in [2.05, 4.69) is 32.2 Å². The summed E-state index contributed by atoms with van der Waals surface area (Å²) in [6.45, 7) is 4.49. The van der Waals surface area contributed by atoms with Gasteiger partial charge in [0, 0.05) is 55.0 Å². The molecule has 33 heavy (non-hydrogen) atoms. The Hall–Kier alpha value is -3.17. The minimum Gasteiger partial charge on any atom is -0.381 e. The lowest BCUT2D eigenvalue weighted by Gasteiger charge is -2.45. The minimum absolute atomic E-state index is 0.0270. The predicted octanol–water partition coefficient (Wildman–Crippen LogP) is 1.95. The van der Waals surface area contributed by atoms with Gasteiger partial charge in [-0.1, -0.05) is 12.1 Å². The van der Waals surface area contributed by atoms with Crippen molar-refractivity contribution < 1.29 is 14.3 Å². The molecule has 2 N–H and O–H groups in total. The fourth-order valence-electron chi connectivity index (χ4n) is 5.09. The molecular weight excluding hydrogens is 420 g/mol. The van der Waals surface area contributed by atoms with Crippen molar-refractivity contribution in [2.45, 2.75) is 24.9 Å². The molecule has 2 fully saturated rings. The number of fused-ring (bicyclic) bond motifs is 4. The number of anilines is 2. The summed E-state index contributed by atoms with van der Waals surface area (Å²) in [4.78, 5) is 30.3. The molecule has 2 aromatic heterocycles. The molecule has 172 valence electrons. The summed E-state index contributed by atoms with van der Waals surface area (Å²) in [7, 11) is 0. The van der Waals surface area contributed by atoms with Gasteiger partial charge in [0.1, 0.15) is 0 Å². The zero-order valence-corrected chi connectivity index (χ0v) is 18.5. The third kappa shape index (κ3) is 3.91. The molecule has 3 aliphatic heterocycles. The number of aromatic nitrogens is 3. The number of aromatic amines is 1. The SMILES string of the molecule is O=C(CN1CC2COCCN2c2nc(-c3cccc4[nH]ccc34)ncc21)NC1CCOCC1. The van der Waals surface area contributed by atoms with Crippen LogP contribution in [-0.4, -0.2) is 79.0 Å². The van der Waals surface area contributed by atoms with Crippen LogP contribution in [-0.2, 0) is 14.3 Å². The van der Waals surface area contributed by atoms with Gasteiger partial charge in [-0.15, -0.1) is 0 Å². The molecule has 0 aliphatic carbocycles. The van der Waals surface area contributed by atoms with Gasteiger partial charge in [0.05, 0.1) is 37.7 Å². The number of carbonyl (C=O) groups excluding carboxylic acids is 1. The maximum absolute atomic E-state index is 12.9. The zero-order valence-electron chi connectivity index (χ0n) is 18.5. The summed E-state index contributed by atoms with van der Waals surface area (Å²) in [5.74, 6) is 1.60. The number of benzene rings is 1. The van der Waals surface area contributed by atoms with E-state index in [0.29, 0.717) is 38.8 Å². The average Bonchev–Trinajstić information content (AvgIpc) is 3.33. The van der Waals surface area contributed by atoms with Gasteiger partial charge >= 0.3 is 0 Å². The number of carbonyl (C=O) groups is 1. The molecule has 2 saturated heterocycles. The third-order valence-electron chi connectivity index (χ3n) is 6.78. The number of nitrogens with one attached hydrogen (secondary N) is 2. The first kappa shape index (κ1) is 20.4. The van der Waals surface area contributed by atoms with Gasteiger partial charge in [-0.3, -0.25) is 4.79 Å². The van der Waals surface area contributed by atoms with Crippen molar-refractivity contribution in [1.29, 1.82) is 0 Å². The molecule has 9 nitrogen and oxygen atoms in total. The van der Waals surface area contributed by atoms with Crippen LogP contribution in [0.15, 0.2) is 36.7 Å². The predicted molar refractivity (Wildman–Crippen MR) is 125 cm³/mol. The summed E-state index contributed by atoms with van der Waals surface area (Å²) < 4.78 is 11.2. The van der Waals surface area contributed by atoms with E-state index in [9.17, 15) is 4.79 Å². The molecule has 0 bridgehead atoms. The zero-order chi connectivity index (χ0) is 22.2. The number of amides is 1. The molecule has 0 spiro atoms. The summed E-state index contributed by atoms with van der Waals surface area (Å²) in [6.07, 6.45) is 5.54. The third-order valence-corrected chi connectivity index (χ3v) is 6.78. The largest absolute Gasteiger partial charge is 0.381 e. The topological polar surface area (TPSA) is 95.6 Å². The standard InChI is InChI=1S/C24H28N6O3/c31-22(27-16-5-9-32-10-6-16)14-29-13-17-15-33-11-8-30(17)24-21(29)12-26-23(28-24)19-2-1-3-20-18(19)4-7-25-20/h1-4,7,12,16-17,25H,5-6,8-11,13-15H2,(H,27,31). The van der Waals surface area contributed by atoms with Crippen molar-refractivity contribution in [1.82, 2.24) is 20.3 Å². The Morgan fingerprint density at radius 3 is 3.00 bits per heavy atom. The van der Waals surface area contributed by atoms with Crippen LogP contribution in [0.4, 0.5) is 11.5 Å². The van der Waals surface area contributed by atoms with Crippen LogP contribution in [0, 0.1) is 0 Å². The van der Waals surface area contributed by atoms with Crippen molar-refractivity contribution in [3.8, 4) is 11.4 Å². The molecular formula is C24H28N6O3. The maximum Gasteiger partial charge on any atom is 0.239 e. The highest BCUT2D eigenvalue weighted by atomic mass is 16.5. The smallest absolute Gasteiger partial charge is 0.239 e. The Balaban J connectivity index is 1.31. The van der Waals surface area contributed by atoms with Crippen LogP contribution in [0.2, 0.25) is 0 Å². The van der Waals surface area contributed by atoms with E-state index >= 15 is 0 Å². The van der Waals surface area contributed by atoms with Crippen LogP contribution >= 0.6 is 0 Å². The van der Waals surface area contributed by atoms with Crippen molar-refractivity contribution >= 4 is 28.3 Å². The maximum atomic E-state index is 12.9. The molecule has 1 aromatic carbocycles. The van der Waals surface area contributed by atoms with E-state index in [-0.39, 0.29) is 24.5 Å². The second-order valence-electron chi connectivity index (χ2n) is 8.90. The van der Waals surface area contributed by atoms with Crippen LogP contribution in [0.1, 0.15) is 12.8 Å². The Morgan fingerprint density at radius 1 is 1.18 bits per heavy atom. The van der Waals surface area contributed by atoms with Gasteiger partial charge in [-0.25, -0.2) is 9.97 Å². The number of hydrogen-bond acceptors (Lipinski definition) is 7. The molecule has 1 unspecified atom stereocenters. The number of H-pyrrole nitrogens is 1. The van der Waals surface area contributed by atoms with E-state index in [4.69, 9.17) is 19.4 Å². The lowest BCUT2D eigenvalue weighted by molar-refractivity contribution is -0.121. The van der Waals surface area contributed by atoms with E-state index in [0.717, 1.165) is 47.4 Å². The first-order valence-electron chi connectivity index (χ1n) is 11.7. The van der Waals surface area contributed by atoms with Gasteiger partial charge in [-0.2, -0.15) is 0 Å². The molecule has 0 saturated carbocycles. The van der Waals surface area contributed by atoms with Crippen molar-refractivity contribution in [2.24, 2.45) is 0 Å². The Bertz CT molecular complexity index is 1160. The van der Waals surface area contributed by atoms with Gasteiger partial charge in [-0.05, 0) is 25.0 Å². The van der Waals surface area contributed by atoms with Crippen molar-refractivity contribution in [2.75, 3.05) is 55.9 Å². The molecule has 3 aliphatic rings. The van der Waals surface area contributed by atoms with Gasteiger partial charge in [0.15, 0.2) is 11.6 Å². The van der Waals surface area contributed by atoms with Crippen LogP contribution in [0.5, 0.6) is 0 Å². The minimum atomic E-state index is 0.0270. The first-order chi connectivity index (χ1) is 16.3. The molecule has 1 atom stereocenters. The quantitative estimate of drug-likeness (QED) is 0.630. The van der Waals surface area contributed by atoms with Crippen molar-refractivity contribution in [3.05, 3.63) is 36.7 Å². The highest BCUT2D eigenvalue weighted by molar-refractivity contribution is 5.94. The Labute approximate surface area is 192 Å². The lowest BCUT2D eigenvalue weighted by Crippen LogP contribution is -2.57. The highest BCUT2D eigenvalue weighted by Crippen LogP contribution is 2.36. The van der Waals surface area contributed by atoms with Gasteiger partial charge in [0.25, 0.3) is 0 Å². The second-order valence-corrected chi connectivity index (χ2v) is 8.90. The van der Waals surface area contributed by atoms with Crippen LogP contribution in [0.3, 0.4) is 0 Å². The fourth-order valence-corrected chi connectivity index (χ4v) is 5.09. The van der Waals surface area contributed by atoms with Crippen LogP contribution in [0.25, 0.3) is 22.3 Å². The Morgan fingerprint density at radius 2 is 2.09 bits per heavy atom. The van der Waals surface area contributed by atoms with Gasteiger partial charge in [0.2, 0.25) is 5.91 Å².